The molecule has 138 valence electrons. The van der Waals surface area contributed by atoms with Gasteiger partial charge in [-0.1, -0.05) is 26.8 Å². The van der Waals surface area contributed by atoms with E-state index in [1.54, 1.807) is 7.11 Å². The molecule has 0 amide bonds. The maximum Gasteiger partial charge on any atom is 0.127 e. The van der Waals surface area contributed by atoms with Crippen LogP contribution in [0.3, 0.4) is 0 Å². The number of methoxy groups -OCH3 is 1. The summed E-state index contributed by atoms with van der Waals surface area (Å²) in [5.74, 6) is 1.15. The van der Waals surface area contributed by atoms with Crippen molar-refractivity contribution >= 4 is 5.57 Å². The predicted molar refractivity (Wildman–Crippen MR) is 102 cm³/mol. The first-order chi connectivity index (χ1) is 11.7. The Labute approximate surface area is 151 Å². The van der Waals surface area contributed by atoms with Crippen LogP contribution in [0, 0.1) is 0 Å². The van der Waals surface area contributed by atoms with Crippen molar-refractivity contribution in [3.05, 3.63) is 47.0 Å². The summed E-state index contributed by atoms with van der Waals surface area (Å²) >= 11 is 0. The highest BCUT2D eigenvalue weighted by molar-refractivity contribution is 5.83. The van der Waals surface area contributed by atoms with Crippen LogP contribution in [-0.2, 0) is 10.2 Å². The van der Waals surface area contributed by atoms with Gasteiger partial charge in [-0.3, -0.25) is 0 Å². The highest BCUT2D eigenvalue weighted by atomic mass is 19.1. The number of hydrogen-bond acceptors (Lipinski definition) is 3. The lowest BCUT2D eigenvalue weighted by atomic mass is 9.84. The zero-order chi connectivity index (χ0) is 18.6. The summed E-state index contributed by atoms with van der Waals surface area (Å²) < 4.78 is 26.2. The van der Waals surface area contributed by atoms with Gasteiger partial charge in [-0.25, -0.2) is 4.39 Å². The molecule has 0 saturated carbocycles. The molecule has 1 aliphatic rings. The summed E-state index contributed by atoms with van der Waals surface area (Å²) in [6.07, 6.45) is 3.01. The highest BCUT2D eigenvalue weighted by Crippen LogP contribution is 2.40. The SMILES string of the molecule is COC1=CCCC(F)=C1c1cc(C(C)(C)C)ccc1OCCN(C)C. The number of rotatable bonds is 6. The Hall–Kier alpha value is -1.81. The zero-order valence-electron chi connectivity index (χ0n) is 16.3. The van der Waals surface area contributed by atoms with Crippen molar-refractivity contribution in [3.63, 3.8) is 0 Å². The molecule has 0 aromatic heterocycles. The molecule has 0 radical (unpaired) electrons. The van der Waals surface area contributed by atoms with Crippen molar-refractivity contribution < 1.29 is 13.9 Å². The van der Waals surface area contributed by atoms with Gasteiger partial charge in [0.15, 0.2) is 0 Å². The fraction of sp³-hybridized carbons (Fsp3) is 0.524. The van der Waals surface area contributed by atoms with E-state index in [2.05, 4.69) is 31.7 Å². The fourth-order valence-corrected chi connectivity index (χ4v) is 2.81. The van der Waals surface area contributed by atoms with Crippen LogP contribution in [0.2, 0.25) is 0 Å². The molecule has 1 aromatic carbocycles. The van der Waals surface area contributed by atoms with Crippen LogP contribution in [0.25, 0.3) is 5.57 Å². The third-order valence-electron chi connectivity index (χ3n) is 4.34. The van der Waals surface area contributed by atoms with E-state index in [1.807, 2.05) is 32.3 Å². The van der Waals surface area contributed by atoms with E-state index >= 15 is 0 Å². The van der Waals surface area contributed by atoms with Crippen molar-refractivity contribution in [1.82, 2.24) is 4.90 Å². The summed E-state index contributed by atoms with van der Waals surface area (Å²) in [5.41, 5.74) is 2.42. The third kappa shape index (κ3) is 4.85. The molecule has 0 bridgehead atoms. The van der Waals surface area contributed by atoms with E-state index < -0.39 is 0 Å². The van der Waals surface area contributed by atoms with Gasteiger partial charge in [0.1, 0.15) is 23.9 Å². The van der Waals surface area contributed by atoms with Gasteiger partial charge in [0.05, 0.1) is 12.7 Å². The van der Waals surface area contributed by atoms with Crippen LogP contribution in [0.15, 0.2) is 35.9 Å². The summed E-state index contributed by atoms with van der Waals surface area (Å²) in [7, 11) is 5.59. The van der Waals surface area contributed by atoms with Crippen molar-refractivity contribution in [2.24, 2.45) is 0 Å². The van der Waals surface area contributed by atoms with Gasteiger partial charge in [0.2, 0.25) is 0 Å². The smallest absolute Gasteiger partial charge is 0.127 e. The molecule has 25 heavy (non-hydrogen) atoms. The number of nitrogens with zero attached hydrogens (tertiary/aromatic N) is 1. The van der Waals surface area contributed by atoms with E-state index in [0.717, 1.165) is 17.7 Å². The first-order valence-corrected chi connectivity index (χ1v) is 8.79. The molecule has 1 aliphatic carbocycles. The molecule has 0 heterocycles. The molecular formula is C21H30FNO2. The second-order valence-corrected chi connectivity index (χ2v) is 7.70. The monoisotopic (exact) mass is 347 g/mol. The van der Waals surface area contributed by atoms with Crippen LogP contribution >= 0.6 is 0 Å². The van der Waals surface area contributed by atoms with Gasteiger partial charge < -0.3 is 14.4 Å². The molecule has 0 unspecified atom stereocenters. The summed E-state index contributed by atoms with van der Waals surface area (Å²) in [6, 6.07) is 6.05. The Balaban J connectivity index is 2.49. The van der Waals surface area contributed by atoms with Crippen LogP contribution in [0.4, 0.5) is 4.39 Å². The van der Waals surface area contributed by atoms with Gasteiger partial charge >= 0.3 is 0 Å². The zero-order valence-corrected chi connectivity index (χ0v) is 16.3. The van der Waals surface area contributed by atoms with Crippen molar-refractivity contribution in [2.75, 3.05) is 34.4 Å². The van der Waals surface area contributed by atoms with E-state index in [9.17, 15) is 4.39 Å². The number of ether oxygens (including phenoxy) is 2. The van der Waals surface area contributed by atoms with Crippen LogP contribution in [0.1, 0.15) is 44.7 Å². The Morgan fingerprint density at radius 2 is 1.92 bits per heavy atom. The normalized spacial score (nSPS) is 15.4. The van der Waals surface area contributed by atoms with Crippen LogP contribution in [-0.4, -0.2) is 39.3 Å². The number of allylic oxidation sites excluding steroid dienone is 3. The summed E-state index contributed by atoms with van der Waals surface area (Å²) in [4.78, 5) is 2.06. The minimum atomic E-state index is -0.136. The molecule has 0 atom stereocenters. The van der Waals surface area contributed by atoms with E-state index in [1.165, 1.54) is 0 Å². The van der Waals surface area contributed by atoms with Gasteiger partial charge in [-0.05, 0) is 49.7 Å². The molecule has 0 fully saturated rings. The van der Waals surface area contributed by atoms with Gasteiger partial charge in [0.25, 0.3) is 0 Å². The predicted octanol–water partition coefficient (Wildman–Crippen LogP) is 4.93. The van der Waals surface area contributed by atoms with Gasteiger partial charge in [-0.15, -0.1) is 0 Å². The third-order valence-corrected chi connectivity index (χ3v) is 4.34. The number of likely N-dealkylation sites (N-methyl/N-ethyl adjacent to an activating group) is 1. The molecule has 1 aromatic rings. The van der Waals surface area contributed by atoms with Crippen molar-refractivity contribution in [3.8, 4) is 5.75 Å². The van der Waals surface area contributed by atoms with E-state index in [4.69, 9.17) is 9.47 Å². The molecule has 3 nitrogen and oxygen atoms in total. The van der Waals surface area contributed by atoms with E-state index in [0.29, 0.717) is 36.5 Å². The minimum Gasteiger partial charge on any atom is -0.496 e. The van der Waals surface area contributed by atoms with Gasteiger partial charge in [-0.2, -0.15) is 0 Å². The second kappa shape index (κ2) is 8.05. The Kier molecular flexibility index (Phi) is 6.28. The first-order valence-electron chi connectivity index (χ1n) is 8.79. The maximum atomic E-state index is 14.7. The molecule has 0 aliphatic heterocycles. The molecule has 0 saturated heterocycles. The molecule has 0 N–H and O–H groups in total. The fourth-order valence-electron chi connectivity index (χ4n) is 2.81. The molecule has 2 rings (SSSR count). The Bertz CT molecular complexity index is 669. The maximum absolute atomic E-state index is 14.7. The molecule has 4 heteroatoms. The second-order valence-electron chi connectivity index (χ2n) is 7.70. The molecular weight excluding hydrogens is 317 g/mol. The lowest BCUT2D eigenvalue weighted by Crippen LogP contribution is -2.20. The minimum absolute atomic E-state index is 0.0282. The van der Waals surface area contributed by atoms with Gasteiger partial charge in [0, 0.05) is 18.5 Å². The quantitative estimate of drug-likeness (QED) is 0.728. The number of hydrogen-bond donors (Lipinski definition) is 0. The summed E-state index contributed by atoms with van der Waals surface area (Å²) in [5, 5.41) is 0. The van der Waals surface area contributed by atoms with E-state index in [-0.39, 0.29) is 11.2 Å². The van der Waals surface area contributed by atoms with Crippen molar-refractivity contribution in [1.29, 1.82) is 0 Å². The summed E-state index contributed by atoms with van der Waals surface area (Å²) in [6.45, 7) is 7.80. The van der Waals surface area contributed by atoms with Crippen LogP contribution < -0.4 is 4.74 Å². The van der Waals surface area contributed by atoms with Crippen LogP contribution in [0.5, 0.6) is 5.75 Å². The number of halogens is 1. The Morgan fingerprint density at radius 1 is 1.20 bits per heavy atom. The average Bonchev–Trinajstić information content (AvgIpc) is 2.53. The highest BCUT2D eigenvalue weighted by Gasteiger charge is 2.24. The average molecular weight is 347 g/mol. The topological polar surface area (TPSA) is 21.7 Å². The molecule has 0 spiro atoms. The lowest BCUT2D eigenvalue weighted by molar-refractivity contribution is 0.260. The standard InChI is InChI=1S/C21H30FNO2/c1-21(2,3)15-10-11-18(25-13-12-23(4)5)16(14-15)20-17(22)8-7-9-19(20)24-6/h9-11,14H,7-8,12-13H2,1-6H3. The number of benzene rings is 1. The largest absolute Gasteiger partial charge is 0.496 e. The lowest BCUT2D eigenvalue weighted by Gasteiger charge is -2.24. The first kappa shape index (κ1) is 19.5. The Morgan fingerprint density at radius 3 is 2.52 bits per heavy atom. The van der Waals surface area contributed by atoms with Crippen molar-refractivity contribution in [2.45, 2.75) is 39.0 Å².